The Kier molecular flexibility index (Phi) is 7.10. The van der Waals surface area contributed by atoms with E-state index in [0.29, 0.717) is 16.4 Å². The summed E-state index contributed by atoms with van der Waals surface area (Å²) in [6.07, 6.45) is 0. The second-order valence-electron chi connectivity index (χ2n) is 6.79. The molecule has 9 heteroatoms. The molecule has 0 aliphatic carbocycles. The smallest absolute Gasteiger partial charge is 0.262 e. The fraction of sp³-hybridized carbons (Fsp3) is 0.136. The lowest BCUT2D eigenvalue weighted by Crippen LogP contribution is -2.21. The van der Waals surface area contributed by atoms with E-state index in [1.807, 2.05) is 26.0 Å². The van der Waals surface area contributed by atoms with Crippen LogP contribution in [0.15, 0.2) is 65.6 Å². The summed E-state index contributed by atoms with van der Waals surface area (Å²) in [6, 6.07) is 15.9. The lowest BCUT2D eigenvalue weighted by atomic mass is 10.1. The van der Waals surface area contributed by atoms with Crippen LogP contribution in [0.25, 0.3) is 0 Å². The minimum absolute atomic E-state index is 0.0420. The molecule has 2 N–H and O–H groups in total. The van der Waals surface area contributed by atoms with E-state index in [0.717, 1.165) is 11.1 Å². The Bertz CT molecular complexity index is 1210. The second kappa shape index (κ2) is 9.60. The number of ether oxygens (including phenoxy) is 1. The van der Waals surface area contributed by atoms with Gasteiger partial charge in [-0.3, -0.25) is 9.52 Å². The Labute approximate surface area is 191 Å². The van der Waals surface area contributed by atoms with Crippen LogP contribution in [0.3, 0.4) is 0 Å². The summed E-state index contributed by atoms with van der Waals surface area (Å²) in [5, 5.41) is 3.35. The molecular formula is C22H20Cl2N2O4S. The molecule has 0 saturated heterocycles. The summed E-state index contributed by atoms with van der Waals surface area (Å²) in [5.41, 5.74) is 3.10. The zero-order chi connectivity index (χ0) is 22.6. The number of carbonyl (C=O) groups excluding carboxylic acids is 1. The molecule has 0 heterocycles. The van der Waals surface area contributed by atoms with E-state index in [9.17, 15) is 13.2 Å². The van der Waals surface area contributed by atoms with E-state index < -0.39 is 10.0 Å². The number of hydrogen-bond donors (Lipinski definition) is 2. The molecule has 3 aromatic rings. The maximum Gasteiger partial charge on any atom is 0.262 e. The number of aryl methyl sites for hydroxylation is 1. The van der Waals surface area contributed by atoms with Crippen LogP contribution < -0.4 is 14.8 Å². The van der Waals surface area contributed by atoms with Gasteiger partial charge in [0.1, 0.15) is 5.75 Å². The largest absolute Gasteiger partial charge is 0.482 e. The van der Waals surface area contributed by atoms with Crippen molar-refractivity contribution in [2.45, 2.75) is 18.7 Å². The number of hydrogen-bond acceptors (Lipinski definition) is 4. The van der Waals surface area contributed by atoms with Crippen LogP contribution in [0, 0.1) is 13.8 Å². The lowest BCUT2D eigenvalue weighted by molar-refractivity contribution is -0.118. The number of carbonyl (C=O) groups is 1. The van der Waals surface area contributed by atoms with Gasteiger partial charge >= 0.3 is 0 Å². The summed E-state index contributed by atoms with van der Waals surface area (Å²) >= 11 is 12.0. The molecule has 6 nitrogen and oxygen atoms in total. The number of nitrogens with one attached hydrogen (secondary N) is 2. The van der Waals surface area contributed by atoms with Crippen LogP contribution in [0.1, 0.15) is 11.1 Å². The van der Waals surface area contributed by atoms with Crippen molar-refractivity contribution in [3.05, 3.63) is 81.8 Å². The quantitative estimate of drug-likeness (QED) is 0.474. The first-order valence-corrected chi connectivity index (χ1v) is 11.5. The van der Waals surface area contributed by atoms with Gasteiger partial charge in [-0.05, 0) is 73.5 Å². The molecule has 0 saturated carbocycles. The van der Waals surface area contributed by atoms with E-state index in [2.05, 4.69) is 10.0 Å². The molecule has 0 aliphatic heterocycles. The van der Waals surface area contributed by atoms with Gasteiger partial charge in [-0.1, -0.05) is 35.3 Å². The van der Waals surface area contributed by atoms with Crippen LogP contribution in [0.2, 0.25) is 10.0 Å². The predicted molar refractivity (Wildman–Crippen MR) is 124 cm³/mol. The molecule has 1 amide bonds. The minimum Gasteiger partial charge on any atom is -0.482 e. The predicted octanol–water partition coefficient (Wildman–Crippen LogP) is 5.43. The lowest BCUT2D eigenvalue weighted by Gasteiger charge is -2.13. The van der Waals surface area contributed by atoms with Crippen molar-refractivity contribution < 1.29 is 17.9 Å². The average molecular weight is 479 g/mol. The van der Waals surface area contributed by atoms with Crippen LogP contribution in [0.4, 0.5) is 11.4 Å². The molecule has 31 heavy (non-hydrogen) atoms. The van der Waals surface area contributed by atoms with Crippen molar-refractivity contribution in [1.29, 1.82) is 0 Å². The first-order valence-electron chi connectivity index (χ1n) is 9.22. The molecule has 0 atom stereocenters. The van der Waals surface area contributed by atoms with Gasteiger partial charge in [0.25, 0.3) is 15.9 Å². The third-order valence-electron chi connectivity index (χ3n) is 4.55. The highest BCUT2D eigenvalue weighted by molar-refractivity contribution is 7.92. The zero-order valence-electron chi connectivity index (χ0n) is 16.8. The molecular weight excluding hydrogens is 459 g/mol. The maximum atomic E-state index is 12.6. The van der Waals surface area contributed by atoms with E-state index in [-0.39, 0.29) is 28.2 Å². The molecule has 3 aromatic carbocycles. The zero-order valence-corrected chi connectivity index (χ0v) is 19.1. The molecule has 162 valence electrons. The third-order valence-corrected chi connectivity index (χ3v) is 6.47. The van der Waals surface area contributed by atoms with Crippen LogP contribution >= 0.6 is 23.2 Å². The van der Waals surface area contributed by atoms with Crippen molar-refractivity contribution in [1.82, 2.24) is 0 Å². The Balaban J connectivity index is 1.65. The van der Waals surface area contributed by atoms with Gasteiger partial charge in [-0.15, -0.1) is 0 Å². The van der Waals surface area contributed by atoms with Gasteiger partial charge in [0.05, 0.1) is 9.92 Å². The monoisotopic (exact) mass is 478 g/mol. The van der Waals surface area contributed by atoms with Gasteiger partial charge in [-0.2, -0.15) is 0 Å². The summed E-state index contributed by atoms with van der Waals surface area (Å²) in [7, 11) is -3.86. The molecule has 0 bridgehead atoms. The summed E-state index contributed by atoms with van der Waals surface area (Å²) < 4.78 is 33.1. The Morgan fingerprint density at radius 1 is 1.00 bits per heavy atom. The number of anilines is 2. The van der Waals surface area contributed by atoms with Gasteiger partial charge in [0.2, 0.25) is 0 Å². The Morgan fingerprint density at radius 3 is 2.39 bits per heavy atom. The number of halogens is 2. The fourth-order valence-corrected chi connectivity index (χ4v) is 4.22. The van der Waals surface area contributed by atoms with Crippen LogP contribution in [0.5, 0.6) is 5.75 Å². The summed E-state index contributed by atoms with van der Waals surface area (Å²) in [4.78, 5) is 12.2. The van der Waals surface area contributed by atoms with Gasteiger partial charge < -0.3 is 10.1 Å². The molecule has 0 spiro atoms. The summed E-state index contributed by atoms with van der Waals surface area (Å²) in [6.45, 7) is 3.60. The van der Waals surface area contributed by atoms with Crippen molar-refractivity contribution in [2.75, 3.05) is 16.6 Å². The molecule has 0 fully saturated rings. The first-order chi connectivity index (χ1) is 14.7. The topological polar surface area (TPSA) is 84.5 Å². The van der Waals surface area contributed by atoms with Crippen molar-refractivity contribution in [3.63, 3.8) is 0 Å². The molecule has 0 aromatic heterocycles. The highest BCUT2D eigenvalue weighted by Gasteiger charge is 2.17. The van der Waals surface area contributed by atoms with Gasteiger partial charge in [0.15, 0.2) is 6.61 Å². The number of benzene rings is 3. The van der Waals surface area contributed by atoms with E-state index in [1.54, 1.807) is 30.3 Å². The van der Waals surface area contributed by atoms with Gasteiger partial charge in [0, 0.05) is 16.4 Å². The SMILES string of the molecule is Cc1cccc(NC(=O)COc2ccc(S(=O)(=O)Nc3ccc(Cl)cc3)cc2Cl)c1C. The highest BCUT2D eigenvalue weighted by Crippen LogP contribution is 2.28. The van der Waals surface area contributed by atoms with E-state index in [4.69, 9.17) is 27.9 Å². The summed E-state index contributed by atoms with van der Waals surface area (Å²) in [5.74, 6) is -0.158. The first kappa shape index (κ1) is 22.9. The molecule has 0 radical (unpaired) electrons. The maximum absolute atomic E-state index is 12.6. The average Bonchev–Trinajstić information content (AvgIpc) is 2.72. The van der Waals surface area contributed by atoms with E-state index >= 15 is 0 Å². The van der Waals surface area contributed by atoms with Crippen molar-refractivity contribution in [3.8, 4) is 5.75 Å². The normalized spacial score (nSPS) is 11.1. The number of rotatable bonds is 7. The van der Waals surface area contributed by atoms with Crippen LogP contribution in [-0.4, -0.2) is 20.9 Å². The van der Waals surface area contributed by atoms with Crippen molar-refractivity contribution in [2.24, 2.45) is 0 Å². The number of amides is 1. The standard InChI is InChI=1S/C22H20Cl2N2O4S/c1-14-4-3-5-20(15(14)2)25-22(27)13-30-21-11-10-18(12-19(21)24)31(28,29)26-17-8-6-16(23)7-9-17/h3-12,26H,13H2,1-2H3,(H,25,27). The molecule has 0 unspecified atom stereocenters. The Morgan fingerprint density at radius 2 is 1.71 bits per heavy atom. The van der Waals surface area contributed by atoms with Crippen LogP contribution in [-0.2, 0) is 14.8 Å². The number of sulfonamides is 1. The molecule has 0 aliphatic rings. The van der Waals surface area contributed by atoms with Crippen molar-refractivity contribution >= 4 is 50.5 Å². The minimum atomic E-state index is -3.86. The molecule has 3 rings (SSSR count). The highest BCUT2D eigenvalue weighted by atomic mass is 35.5. The second-order valence-corrected chi connectivity index (χ2v) is 9.31. The van der Waals surface area contributed by atoms with E-state index in [1.165, 1.54) is 18.2 Å². The van der Waals surface area contributed by atoms with Gasteiger partial charge in [-0.25, -0.2) is 8.42 Å². The Hall–Kier alpha value is -2.74. The fourth-order valence-electron chi connectivity index (χ4n) is 2.71. The third kappa shape index (κ3) is 5.91.